The van der Waals surface area contributed by atoms with Crippen LogP contribution in [0.4, 0.5) is 11.1 Å². The minimum Gasteiger partial charge on any atom is -0.367 e. The van der Waals surface area contributed by atoms with E-state index in [4.69, 9.17) is 5.73 Å². The molecular weight excluding hydrogens is 246 g/mol. The summed E-state index contributed by atoms with van der Waals surface area (Å²) in [4.78, 5) is 9.29. The molecule has 100 valence electrons. The average molecular weight is 267 g/mol. The van der Waals surface area contributed by atoms with Crippen LogP contribution < -0.4 is 10.6 Å². The zero-order chi connectivity index (χ0) is 12.4. The van der Waals surface area contributed by atoms with E-state index in [2.05, 4.69) is 19.2 Å². The Labute approximate surface area is 112 Å². The van der Waals surface area contributed by atoms with E-state index in [0.29, 0.717) is 5.95 Å². The Morgan fingerprint density at radius 3 is 2.39 bits per heavy atom. The van der Waals surface area contributed by atoms with Crippen LogP contribution in [0, 0.1) is 0 Å². The van der Waals surface area contributed by atoms with Crippen molar-refractivity contribution in [2.24, 2.45) is 0 Å². The zero-order valence-corrected chi connectivity index (χ0v) is 11.5. The smallest absolute Gasteiger partial charge is 0.233 e. The third-order valence-electron chi connectivity index (χ3n) is 4.07. The molecule has 18 heavy (non-hydrogen) atoms. The molecule has 1 aromatic rings. The maximum Gasteiger partial charge on any atom is 0.233 e. The Morgan fingerprint density at radius 1 is 1.06 bits per heavy atom. The molecule has 1 aromatic heterocycles. The topological polar surface area (TPSA) is 58.3 Å². The van der Waals surface area contributed by atoms with Crippen molar-refractivity contribution in [2.75, 3.05) is 36.8 Å². The van der Waals surface area contributed by atoms with Gasteiger partial charge in [-0.25, -0.2) is 0 Å². The summed E-state index contributed by atoms with van der Waals surface area (Å²) in [7, 11) is 0. The number of nitrogens with zero attached hydrogens (tertiary/aromatic N) is 4. The summed E-state index contributed by atoms with van der Waals surface area (Å²) in [6.07, 6.45) is 6.68. The van der Waals surface area contributed by atoms with Crippen molar-refractivity contribution in [1.82, 2.24) is 14.3 Å². The van der Waals surface area contributed by atoms with Crippen LogP contribution in [0.1, 0.15) is 32.1 Å². The second-order valence-corrected chi connectivity index (χ2v) is 5.98. The van der Waals surface area contributed by atoms with E-state index in [1.807, 2.05) is 0 Å². The van der Waals surface area contributed by atoms with Crippen molar-refractivity contribution >= 4 is 22.6 Å². The van der Waals surface area contributed by atoms with Crippen LogP contribution >= 0.6 is 11.5 Å². The van der Waals surface area contributed by atoms with Crippen LogP contribution in [0.3, 0.4) is 0 Å². The number of likely N-dealkylation sites (tertiary alicyclic amines) is 1. The molecule has 6 heteroatoms. The Balaban J connectivity index is 1.54. The molecule has 2 N–H and O–H groups in total. The number of hydrogen-bond donors (Lipinski definition) is 1. The first-order valence-corrected chi connectivity index (χ1v) is 7.68. The number of nitrogens with two attached hydrogens (primary N) is 1. The highest BCUT2D eigenvalue weighted by molar-refractivity contribution is 7.09. The van der Waals surface area contributed by atoms with Gasteiger partial charge < -0.3 is 15.5 Å². The molecule has 3 heterocycles. The number of rotatable bonds is 2. The fourth-order valence-corrected chi connectivity index (χ4v) is 3.71. The van der Waals surface area contributed by atoms with Crippen molar-refractivity contribution in [3.05, 3.63) is 0 Å². The lowest BCUT2D eigenvalue weighted by atomic mass is 10.0. The minimum absolute atomic E-state index is 0.410. The summed E-state index contributed by atoms with van der Waals surface area (Å²) in [5.74, 6) is 0.410. The van der Waals surface area contributed by atoms with E-state index < -0.39 is 0 Å². The Morgan fingerprint density at radius 2 is 1.78 bits per heavy atom. The van der Waals surface area contributed by atoms with Crippen molar-refractivity contribution in [2.45, 2.75) is 38.1 Å². The predicted molar refractivity (Wildman–Crippen MR) is 75.0 cm³/mol. The number of piperidine rings is 2. The fraction of sp³-hybridized carbons (Fsp3) is 0.833. The molecule has 0 radical (unpaired) electrons. The number of anilines is 2. The van der Waals surface area contributed by atoms with Crippen LogP contribution in [0.2, 0.25) is 0 Å². The molecule has 0 bridgehead atoms. The molecule has 2 fully saturated rings. The van der Waals surface area contributed by atoms with Crippen LogP contribution in [0.25, 0.3) is 0 Å². The molecular formula is C12H21N5S. The highest BCUT2D eigenvalue weighted by Crippen LogP contribution is 2.25. The molecule has 2 aliphatic rings. The Kier molecular flexibility index (Phi) is 3.65. The van der Waals surface area contributed by atoms with Gasteiger partial charge in [0.2, 0.25) is 11.1 Å². The van der Waals surface area contributed by atoms with Crippen molar-refractivity contribution in [1.29, 1.82) is 0 Å². The predicted octanol–water partition coefficient (Wildman–Crippen LogP) is 1.57. The molecule has 0 saturated carbocycles. The molecule has 5 nitrogen and oxygen atoms in total. The van der Waals surface area contributed by atoms with E-state index in [-0.39, 0.29) is 0 Å². The Bertz CT molecular complexity index is 380. The lowest BCUT2D eigenvalue weighted by Crippen LogP contribution is -2.46. The first-order valence-electron chi connectivity index (χ1n) is 6.91. The number of hydrogen-bond acceptors (Lipinski definition) is 6. The fourth-order valence-electron chi connectivity index (χ4n) is 3.06. The van der Waals surface area contributed by atoms with Gasteiger partial charge in [-0.1, -0.05) is 6.42 Å². The maximum absolute atomic E-state index is 5.58. The van der Waals surface area contributed by atoms with Gasteiger partial charge in [-0.3, -0.25) is 0 Å². The average Bonchev–Trinajstić information content (AvgIpc) is 2.87. The van der Waals surface area contributed by atoms with Gasteiger partial charge in [-0.05, 0) is 38.8 Å². The van der Waals surface area contributed by atoms with Crippen LogP contribution in [0.5, 0.6) is 0 Å². The molecule has 0 atom stereocenters. The van der Waals surface area contributed by atoms with E-state index in [9.17, 15) is 0 Å². The van der Waals surface area contributed by atoms with Gasteiger partial charge in [0, 0.05) is 30.7 Å². The maximum atomic E-state index is 5.58. The largest absolute Gasteiger partial charge is 0.367 e. The standard InChI is InChI=1S/C12H21N5S/c13-11-14-12(18-15-11)17-8-4-10(5-9-17)16-6-2-1-3-7-16/h10H,1-9H2,(H2,13,15). The molecule has 0 unspecified atom stereocenters. The second kappa shape index (κ2) is 5.40. The third-order valence-corrected chi connectivity index (χ3v) is 4.86. The SMILES string of the molecule is Nc1nsc(N2CCC(N3CCCCC3)CC2)n1. The van der Waals surface area contributed by atoms with Crippen LogP contribution in [-0.4, -0.2) is 46.5 Å². The highest BCUT2D eigenvalue weighted by Gasteiger charge is 2.26. The normalized spacial score (nSPS) is 23.4. The Hall–Kier alpha value is -0.880. The lowest BCUT2D eigenvalue weighted by molar-refractivity contribution is 0.141. The quantitative estimate of drug-likeness (QED) is 0.881. The summed E-state index contributed by atoms with van der Waals surface area (Å²) >= 11 is 1.42. The third kappa shape index (κ3) is 2.59. The van der Waals surface area contributed by atoms with E-state index in [0.717, 1.165) is 24.3 Å². The van der Waals surface area contributed by atoms with Gasteiger partial charge in [0.15, 0.2) is 0 Å². The molecule has 2 saturated heterocycles. The first kappa shape index (κ1) is 12.2. The van der Waals surface area contributed by atoms with Gasteiger partial charge in [0.1, 0.15) is 0 Å². The number of nitrogen functional groups attached to an aromatic ring is 1. The van der Waals surface area contributed by atoms with E-state index in [1.54, 1.807) is 0 Å². The molecule has 3 rings (SSSR count). The van der Waals surface area contributed by atoms with Gasteiger partial charge in [0.25, 0.3) is 0 Å². The van der Waals surface area contributed by atoms with E-state index >= 15 is 0 Å². The summed E-state index contributed by atoms with van der Waals surface area (Å²) in [5, 5.41) is 0.990. The summed E-state index contributed by atoms with van der Waals surface area (Å²) in [6, 6.07) is 0.784. The molecule has 0 aliphatic carbocycles. The van der Waals surface area contributed by atoms with Crippen LogP contribution in [0.15, 0.2) is 0 Å². The van der Waals surface area contributed by atoms with Gasteiger partial charge in [-0.15, -0.1) is 0 Å². The summed E-state index contributed by atoms with van der Waals surface area (Å²) in [6.45, 7) is 4.79. The van der Waals surface area contributed by atoms with E-state index in [1.165, 1.54) is 56.7 Å². The lowest BCUT2D eigenvalue weighted by Gasteiger charge is -2.40. The van der Waals surface area contributed by atoms with Crippen molar-refractivity contribution in [3.63, 3.8) is 0 Å². The molecule has 0 aromatic carbocycles. The first-order chi connectivity index (χ1) is 8.83. The van der Waals surface area contributed by atoms with Gasteiger partial charge >= 0.3 is 0 Å². The van der Waals surface area contributed by atoms with Crippen LogP contribution in [-0.2, 0) is 0 Å². The molecule has 0 amide bonds. The molecule has 0 spiro atoms. The number of aromatic nitrogens is 2. The zero-order valence-electron chi connectivity index (χ0n) is 10.7. The van der Waals surface area contributed by atoms with Crippen molar-refractivity contribution < 1.29 is 0 Å². The van der Waals surface area contributed by atoms with Gasteiger partial charge in [-0.2, -0.15) is 9.36 Å². The summed E-state index contributed by atoms with van der Waals surface area (Å²) in [5.41, 5.74) is 5.58. The molecule has 2 aliphatic heterocycles. The second-order valence-electron chi connectivity index (χ2n) is 5.25. The highest BCUT2D eigenvalue weighted by atomic mass is 32.1. The minimum atomic E-state index is 0.410. The monoisotopic (exact) mass is 267 g/mol. The van der Waals surface area contributed by atoms with Crippen molar-refractivity contribution in [3.8, 4) is 0 Å². The van der Waals surface area contributed by atoms with Gasteiger partial charge in [0.05, 0.1) is 0 Å². The summed E-state index contributed by atoms with van der Waals surface area (Å²) < 4.78 is 4.06.